The van der Waals surface area contributed by atoms with Gasteiger partial charge in [-0.15, -0.1) is 5.75 Å². The molecule has 0 aliphatic carbocycles. The molecule has 0 spiro atoms. The Morgan fingerprint density at radius 3 is 1.87 bits per heavy atom. The van der Waals surface area contributed by atoms with Crippen LogP contribution in [0.2, 0.25) is 0 Å². The number of aryl methyl sites for hydroxylation is 1. The third-order valence-corrected chi connectivity index (χ3v) is 6.06. The van der Waals surface area contributed by atoms with Gasteiger partial charge in [-0.1, -0.05) is 76.3 Å². The SMILES string of the molecule is CCCCCCCCCCCCc1cc(Oc2ccc(S(=O)(=O)O)cc2)ccc1[O-].[K+]. The summed E-state index contributed by atoms with van der Waals surface area (Å²) >= 11 is 0. The first-order valence-electron chi connectivity index (χ1n) is 11.0. The van der Waals surface area contributed by atoms with Crippen molar-refractivity contribution in [1.29, 1.82) is 0 Å². The number of ether oxygens (including phenoxy) is 1. The van der Waals surface area contributed by atoms with E-state index in [2.05, 4.69) is 6.92 Å². The minimum absolute atomic E-state index is 0. The van der Waals surface area contributed by atoms with Gasteiger partial charge in [0.1, 0.15) is 11.5 Å². The van der Waals surface area contributed by atoms with E-state index in [4.69, 9.17) is 9.29 Å². The zero-order valence-electron chi connectivity index (χ0n) is 18.8. The van der Waals surface area contributed by atoms with Gasteiger partial charge in [-0.05, 0) is 49.2 Å². The Morgan fingerprint density at radius 2 is 1.32 bits per heavy atom. The summed E-state index contributed by atoms with van der Waals surface area (Å²) in [6, 6.07) is 10.4. The van der Waals surface area contributed by atoms with E-state index in [9.17, 15) is 13.5 Å². The van der Waals surface area contributed by atoms with E-state index in [1.807, 2.05) is 0 Å². The molecular weight excluding hydrogens is 439 g/mol. The van der Waals surface area contributed by atoms with Gasteiger partial charge >= 0.3 is 51.4 Å². The van der Waals surface area contributed by atoms with Gasteiger partial charge in [-0.25, -0.2) is 0 Å². The van der Waals surface area contributed by atoms with E-state index in [0.29, 0.717) is 11.5 Å². The van der Waals surface area contributed by atoms with Gasteiger partial charge in [-0.2, -0.15) is 8.42 Å². The quantitative estimate of drug-likeness (QED) is 0.259. The Bertz CT molecular complexity index is 866. The van der Waals surface area contributed by atoms with Crippen LogP contribution < -0.4 is 61.2 Å². The summed E-state index contributed by atoms with van der Waals surface area (Å²) < 4.78 is 37.0. The van der Waals surface area contributed by atoms with Gasteiger partial charge < -0.3 is 9.84 Å². The van der Waals surface area contributed by atoms with Crippen molar-refractivity contribution in [1.82, 2.24) is 0 Å². The molecule has 0 aliphatic rings. The molecule has 0 saturated heterocycles. The molecule has 0 fully saturated rings. The number of hydrogen-bond acceptors (Lipinski definition) is 4. The van der Waals surface area contributed by atoms with Crippen molar-refractivity contribution in [3.05, 3.63) is 48.0 Å². The first-order chi connectivity index (χ1) is 14.4. The first-order valence-corrected chi connectivity index (χ1v) is 12.4. The van der Waals surface area contributed by atoms with E-state index < -0.39 is 10.1 Å². The maximum absolute atomic E-state index is 12.1. The van der Waals surface area contributed by atoms with Crippen LogP contribution in [0.25, 0.3) is 0 Å². The maximum Gasteiger partial charge on any atom is 1.00 e. The molecule has 1 N–H and O–H groups in total. The molecule has 0 heterocycles. The summed E-state index contributed by atoms with van der Waals surface area (Å²) in [6.07, 6.45) is 13.3. The Labute approximate surface area is 229 Å². The molecule has 0 bridgehead atoms. The van der Waals surface area contributed by atoms with Crippen LogP contribution in [0.1, 0.15) is 76.7 Å². The average molecular weight is 473 g/mol. The minimum Gasteiger partial charge on any atom is -0.872 e. The molecule has 2 aromatic carbocycles. The van der Waals surface area contributed by atoms with E-state index in [0.717, 1.165) is 24.8 Å². The van der Waals surface area contributed by atoms with Crippen molar-refractivity contribution in [3.63, 3.8) is 0 Å². The molecule has 2 aromatic rings. The predicted molar refractivity (Wildman–Crippen MR) is 118 cm³/mol. The summed E-state index contributed by atoms with van der Waals surface area (Å²) in [6.45, 7) is 2.24. The molecule has 5 nitrogen and oxygen atoms in total. The van der Waals surface area contributed by atoms with Crippen LogP contribution in [0, 0.1) is 0 Å². The van der Waals surface area contributed by atoms with Crippen molar-refractivity contribution in [3.8, 4) is 17.2 Å². The molecule has 0 radical (unpaired) electrons. The molecule has 0 aliphatic heterocycles. The van der Waals surface area contributed by atoms with Crippen LogP contribution in [0.4, 0.5) is 0 Å². The van der Waals surface area contributed by atoms with Gasteiger partial charge in [0.25, 0.3) is 10.1 Å². The van der Waals surface area contributed by atoms with Gasteiger partial charge in [0.05, 0.1) is 4.90 Å². The third kappa shape index (κ3) is 11.3. The average Bonchev–Trinajstić information content (AvgIpc) is 2.71. The predicted octanol–water partition coefficient (Wildman–Crippen LogP) is 3.27. The van der Waals surface area contributed by atoms with Crippen LogP contribution in [0.15, 0.2) is 47.4 Å². The Balaban J connectivity index is 0.00000480. The smallest absolute Gasteiger partial charge is 0.872 e. The van der Waals surface area contributed by atoms with Crippen molar-refractivity contribution in [2.24, 2.45) is 0 Å². The van der Waals surface area contributed by atoms with Crippen molar-refractivity contribution < 1.29 is 74.2 Å². The fourth-order valence-corrected chi connectivity index (χ4v) is 3.91. The second-order valence-corrected chi connectivity index (χ2v) is 9.17. The molecule has 0 unspecified atom stereocenters. The summed E-state index contributed by atoms with van der Waals surface area (Å²) in [5, 5.41) is 12.1. The van der Waals surface area contributed by atoms with Crippen LogP contribution in [-0.4, -0.2) is 13.0 Å². The van der Waals surface area contributed by atoms with Crippen LogP contribution >= 0.6 is 0 Å². The molecule has 0 amide bonds. The summed E-state index contributed by atoms with van der Waals surface area (Å²) in [5.74, 6) is 0.988. The number of unbranched alkanes of at least 4 members (excludes halogenated alkanes) is 9. The molecule has 31 heavy (non-hydrogen) atoms. The number of rotatable bonds is 14. The molecule has 0 atom stereocenters. The van der Waals surface area contributed by atoms with Crippen LogP contribution in [-0.2, 0) is 16.5 Å². The summed E-state index contributed by atoms with van der Waals surface area (Å²) in [5.41, 5.74) is 0.738. The number of benzene rings is 2. The molecular formula is C24H33KO5S. The van der Waals surface area contributed by atoms with Crippen LogP contribution in [0.3, 0.4) is 0 Å². The third-order valence-electron chi connectivity index (χ3n) is 5.19. The fraction of sp³-hybridized carbons (Fsp3) is 0.500. The molecule has 0 saturated carbocycles. The van der Waals surface area contributed by atoms with E-state index in [1.165, 1.54) is 81.7 Å². The second-order valence-electron chi connectivity index (χ2n) is 7.75. The van der Waals surface area contributed by atoms with Gasteiger partial charge in [0, 0.05) is 0 Å². The molecule has 166 valence electrons. The molecule has 0 aromatic heterocycles. The van der Waals surface area contributed by atoms with Crippen molar-refractivity contribution >= 4 is 10.1 Å². The standard InChI is InChI=1S/C24H34O5S.K/c1-2-3-4-5-6-7-8-9-10-11-12-20-19-22(15-18-24(20)25)29-21-13-16-23(17-14-21)30(26,27)28;/h13-19,25H,2-12H2,1H3,(H,26,27,28);/q;+1/p-1. The van der Waals surface area contributed by atoms with Gasteiger partial charge in [0.2, 0.25) is 0 Å². The normalized spacial score (nSPS) is 11.2. The van der Waals surface area contributed by atoms with Gasteiger partial charge in [0.15, 0.2) is 0 Å². The van der Waals surface area contributed by atoms with E-state index in [-0.39, 0.29) is 62.0 Å². The Hall–Kier alpha value is -0.414. The summed E-state index contributed by atoms with van der Waals surface area (Å²) in [7, 11) is -4.23. The molecule has 7 heteroatoms. The van der Waals surface area contributed by atoms with Gasteiger partial charge in [-0.3, -0.25) is 4.55 Å². The Morgan fingerprint density at radius 1 is 0.806 bits per heavy atom. The Kier molecular flexibility index (Phi) is 14.2. The monoisotopic (exact) mass is 472 g/mol. The zero-order chi connectivity index (χ0) is 21.8. The second kappa shape index (κ2) is 15.4. The van der Waals surface area contributed by atoms with Crippen LogP contribution in [0.5, 0.6) is 17.2 Å². The van der Waals surface area contributed by atoms with E-state index in [1.54, 1.807) is 12.1 Å². The molecule has 2 rings (SSSR count). The topological polar surface area (TPSA) is 86.7 Å². The zero-order valence-corrected chi connectivity index (χ0v) is 22.7. The first kappa shape index (κ1) is 28.6. The maximum atomic E-state index is 12.1. The fourth-order valence-electron chi connectivity index (χ4n) is 3.43. The van der Waals surface area contributed by atoms with E-state index >= 15 is 0 Å². The summed E-state index contributed by atoms with van der Waals surface area (Å²) in [4.78, 5) is -0.189. The van der Waals surface area contributed by atoms with Crippen molar-refractivity contribution in [2.45, 2.75) is 82.4 Å². The number of hydrogen-bond donors (Lipinski definition) is 1. The largest absolute Gasteiger partial charge is 1.00 e. The van der Waals surface area contributed by atoms with Crippen molar-refractivity contribution in [2.75, 3.05) is 0 Å². The minimum atomic E-state index is -4.23.